The van der Waals surface area contributed by atoms with Gasteiger partial charge in [0, 0.05) is 35.6 Å². The molecule has 17 heavy (non-hydrogen) atoms. The van der Waals surface area contributed by atoms with Crippen LogP contribution in [0, 0.1) is 0 Å². The summed E-state index contributed by atoms with van der Waals surface area (Å²) in [4.78, 5) is 16.2. The molecule has 4 nitrogen and oxygen atoms in total. The Kier molecular flexibility index (Phi) is 1.53. The predicted molar refractivity (Wildman–Crippen MR) is 66.7 cm³/mol. The molecule has 1 N–H and O–H groups in total. The summed E-state index contributed by atoms with van der Waals surface area (Å²) < 4.78 is 0. The highest BCUT2D eigenvalue weighted by atomic mass is 14.8. The molecule has 4 aromatic rings. The number of H-pyrrole nitrogens is 1. The highest BCUT2D eigenvalue weighted by Crippen LogP contribution is 2.25. The summed E-state index contributed by atoms with van der Waals surface area (Å²) in [7, 11) is 0. The summed E-state index contributed by atoms with van der Waals surface area (Å²) in [6.07, 6.45) is 7.20. The lowest BCUT2D eigenvalue weighted by molar-refractivity contribution is 1.34. The molecule has 0 saturated heterocycles. The zero-order valence-corrected chi connectivity index (χ0v) is 8.88. The number of fused-ring (bicyclic) bond motifs is 4. The van der Waals surface area contributed by atoms with E-state index in [0.717, 1.165) is 32.8 Å². The van der Waals surface area contributed by atoms with Crippen molar-refractivity contribution in [3.05, 3.63) is 43.0 Å². The second kappa shape index (κ2) is 3.01. The first-order chi connectivity index (χ1) is 8.42. The average Bonchev–Trinajstić information content (AvgIpc) is 2.73. The zero-order valence-electron chi connectivity index (χ0n) is 8.88. The van der Waals surface area contributed by atoms with Gasteiger partial charge in [0.15, 0.2) is 0 Å². The molecule has 0 bridgehead atoms. The van der Waals surface area contributed by atoms with Crippen LogP contribution in [-0.2, 0) is 0 Å². The molecular formula is C13H8N4. The number of rotatable bonds is 0. The highest BCUT2D eigenvalue weighted by molar-refractivity contribution is 6.07. The van der Waals surface area contributed by atoms with Crippen LogP contribution in [0.1, 0.15) is 0 Å². The van der Waals surface area contributed by atoms with E-state index in [1.165, 1.54) is 0 Å². The molecule has 0 unspecified atom stereocenters. The van der Waals surface area contributed by atoms with E-state index in [1.807, 2.05) is 24.5 Å². The van der Waals surface area contributed by atoms with Crippen molar-refractivity contribution in [2.75, 3.05) is 0 Å². The van der Waals surface area contributed by atoms with Gasteiger partial charge in [-0.1, -0.05) is 0 Å². The second-order valence-corrected chi connectivity index (χ2v) is 4.00. The number of hydrogen-bond donors (Lipinski definition) is 1. The van der Waals surface area contributed by atoms with Crippen molar-refractivity contribution in [1.29, 1.82) is 0 Å². The van der Waals surface area contributed by atoms with Gasteiger partial charge in [0.1, 0.15) is 0 Å². The van der Waals surface area contributed by atoms with E-state index in [0.29, 0.717) is 0 Å². The molecule has 0 aliphatic rings. The Hall–Kier alpha value is -2.49. The lowest BCUT2D eigenvalue weighted by Gasteiger charge is -1.96. The summed E-state index contributed by atoms with van der Waals surface area (Å²) in [5.41, 5.74) is 4.00. The fourth-order valence-corrected chi connectivity index (χ4v) is 2.15. The maximum absolute atomic E-state index is 4.65. The minimum atomic E-state index is 0.956. The van der Waals surface area contributed by atoms with Gasteiger partial charge in [0.25, 0.3) is 0 Å². The van der Waals surface area contributed by atoms with Crippen LogP contribution in [0.15, 0.2) is 43.0 Å². The van der Waals surface area contributed by atoms with Gasteiger partial charge in [-0.3, -0.25) is 9.97 Å². The van der Waals surface area contributed by atoms with Crippen molar-refractivity contribution in [2.24, 2.45) is 0 Å². The molecule has 0 amide bonds. The lowest BCUT2D eigenvalue weighted by Crippen LogP contribution is -1.81. The minimum Gasteiger partial charge on any atom is -0.353 e. The number of nitrogens with one attached hydrogen (secondary N) is 1. The Labute approximate surface area is 96.3 Å². The first kappa shape index (κ1) is 8.64. The van der Waals surface area contributed by atoms with E-state index in [2.05, 4.69) is 26.0 Å². The zero-order chi connectivity index (χ0) is 11.2. The Morgan fingerprint density at radius 3 is 2.82 bits per heavy atom. The number of aromatic amines is 1. The smallest absolute Gasteiger partial charge is 0.0980 e. The number of aromatic nitrogens is 4. The number of nitrogens with zero attached hydrogens (tertiary/aromatic N) is 3. The largest absolute Gasteiger partial charge is 0.353 e. The molecule has 4 heteroatoms. The van der Waals surface area contributed by atoms with E-state index >= 15 is 0 Å². The van der Waals surface area contributed by atoms with Gasteiger partial charge in [0.05, 0.1) is 22.1 Å². The molecule has 0 spiro atoms. The maximum atomic E-state index is 4.65. The molecule has 0 radical (unpaired) electrons. The molecule has 4 rings (SSSR count). The maximum Gasteiger partial charge on any atom is 0.0980 e. The topological polar surface area (TPSA) is 54.5 Å². The third-order valence-corrected chi connectivity index (χ3v) is 2.96. The first-order valence-electron chi connectivity index (χ1n) is 5.38. The minimum absolute atomic E-state index is 0.956. The third kappa shape index (κ3) is 1.15. The van der Waals surface area contributed by atoms with Crippen molar-refractivity contribution < 1.29 is 0 Å². The standard InChI is InChI=1S/C13H8N4/c1-3-14-6-8-5-12-13(17-10(1)8)9-7-15-4-2-11(9)16-12/h1-7,16H. The molecule has 0 saturated carbocycles. The van der Waals surface area contributed by atoms with E-state index in [9.17, 15) is 0 Å². The van der Waals surface area contributed by atoms with E-state index in [1.54, 1.807) is 12.4 Å². The van der Waals surface area contributed by atoms with Gasteiger partial charge >= 0.3 is 0 Å². The van der Waals surface area contributed by atoms with Crippen molar-refractivity contribution in [3.63, 3.8) is 0 Å². The second-order valence-electron chi connectivity index (χ2n) is 4.00. The van der Waals surface area contributed by atoms with E-state index in [-0.39, 0.29) is 0 Å². The van der Waals surface area contributed by atoms with E-state index < -0.39 is 0 Å². The highest BCUT2D eigenvalue weighted by Gasteiger charge is 2.06. The average molecular weight is 220 g/mol. The fraction of sp³-hybridized carbons (Fsp3) is 0. The quantitative estimate of drug-likeness (QED) is 0.495. The Bertz CT molecular complexity index is 842. The van der Waals surface area contributed by atoms with Crippen LogP contribution in [0.25, 0.3) is 32.8 Å². The Balaban J connectivity index is 2.28. The molecule has 0 fully saturated rings. The van der Waals surface area contributed by atoms with Crippen LogP contribution < -0.4 is 0 Å². The lowest BCUT2D eigenvalue weighted by atomic mass is 10.2. The van der Waals surface area contributed by atoms with Gasteiger partial charge in [0.2, 0.25) is 0 Å². The molecule has 0 aromatic carbocycles. The van der Waals surface area contributed by atoms with Gasteiger partial charge in [-0.25, -0.2) is 4.98 Å². The third-order valence-electron chi connectivity index (χ3n) is 2.96. The van der Waals surface area contributed by atoms with Crippen LogP contribution in [0.3, 0.4) is 0 Å². The van der Waals surface area contributed by atoms with Crippen molar-refractivity contribution in [3.8, 4) is 0 Å². The van der Waals surface area contributed by atoms with Gasteiger partial charge in [-0.05, 0) is 18.2 Å². The molecule has 80 valence electrons. The molecular weight excluding hydrogens is 212 g/mol. The van der Waals surface area contributed by atoms with Crippen molar-refractivity contribution in [1.82, 2.24) is 19.9 Å². The summed E-state index contributed by atoms with van der Waals surface area (Å²) >= 11 is 0. The molecule has 0 aliphatic heterocycles. The molecule has 0 aliphatic carbocycles. The van der Waals surface area contributed by atoms with Gasteiger partial charge < -0.3 is 4.98 Å². The van der Waals surface area contributed by atoms with Crippen LogP contribution >= 0.6 is 0 Å². The van der Waals surface area contributed by atoms with E-state index in [4.69, 9.17) is 0 Å². The van der Waals surface area contributed by atoms with Crippen molar-refractivity contribution >= 4 is 32.8 Å². The Morgan fingerprint density at radius 1 is 0.941 bits per heavy atom. The summed E-state index contributed by atoms with van der Waals surface area (Å²) in [6.45, 7) is 0. The molecule has 0 atom stereocenters. The predicted octanol–water partition coefficient (Wildman–Crippen LogP) is 2.66. The van der Waals surface area contributed by atoms with Gasteiger partial charge in [-0.15, -0.1) is 0 Å². The summed E-state index contributed by atoms with van der Waals surface area (Å²) in [6, 6.07) is 5.95. The van der Waals surface area contributed by atoms with Crippen LogP contribution in [0.5, 0.6) is 0 Å². The normalized spacial score (nSPS) is 11.5. The van der Waals surface area contributed by atoms with Crippen molar-refractivity contribution in [2.45, 2.75) is 0 Å². The monoisotopic (exact) mass is 220 g/mol. The van der Waals surface area contributed by atoms with Crippen LogP contribution in [0.4, 0.5) is 0 Å². The molecule has 4 heterocycles. The van der Waals surface area contributed by atoms with Crippen LogP contribution in [0.2, 0.25) is 0 Å². The SMILES string of the molecule is c1cc2nc3c(cc2cn1)[nH]c1ccncc13. The first-order valence-corrected chi connectivity index (χ1v) is 5.38. The van der Waals surface area contributed by atoms with Gasteiger partial charge in [-0.2, -0.15) is 0 Å². The number of hydrogen-bond acceptors (Lipinski definition) is 3. The molecule has 4 aromatic heterocycles. The summed E-state index contributed by atoms with van der Waals surface area (Å²) in [5.74, 6) is 0. The summed E-state index contributed by atoms with van der Waals surface area (Å²) in [5, 5.41) is 2.10. The Morgan fingerprint density at radius 2 is 1.82 bits per heavy atom. The fourth-order valence-electron chi connectivity index (χ4n) is 2.15. The van der Waals surface area contributed by atoms with Crippen LogP contribution in [-0.4, -0.2) is 19.9 Å². The number of pyridine rings is 3.